The molecule has 2 aromatic rings. The topological polar surface area (TPSA) is 66.5 Å². The Bertz CT molecular complexity index is 836. The van der Waals surface area contributed by atoms with Crippen molar-refractivity contribution < 1.29 is 17.6 Å². The van der Waals surface area contributed by atoms with E-state index in [1.54, 1.807) is 30.3 Å². The molecule has 7 heteroatoms. The highest BCUT2D eigenvalue weighted by atomic mass is 32.2. The van der Waals surface area contributed by atoms with Crippen LogP contribution in [-0.2, 0) is 21.2 Å². The van der Waals surface area contributed by atoms with E-state index >= 15 is 0 Å². The summed E-state index contributed by atoms with van der Waals surface area (Å²) in [6, 6.07) is 12.3. The van der Waals surface area contributed by atoms with Crippen LogP contribution in [0, 0.1) is 5.82 Å². The number of anilines is 1. The number of nitrogens with one attached hydrogen (secondary N) is 1. The molecule has 0 aliphatic heterocycles. The van der Waals surface area contributed by atoms with Gasteiger partial charge in [0.1, 0.15) is 5.82 Å². The molecular weight excluding hydrogens is 343 g/mol. The van der Waals surface area contributed by atoms with Gasteiger partial charge in [-0.25, -0.2) is 17.5 Å². The van der Waals surface area contributed by atoms with E-state index in [9.17, 15) is 17.6 Å². The Morgan fingerprint density at radius 2 is 1.84 bits per heavy atom. The number of carbonyl (C=O) groups is 1. The first-order valence-corrected chi connectivity index (χ1v) is 9.44. The number of halogens is 1. The Balaban J connectivity index is 2.04. The molecule has 1 N–H and O–H groups in total. The third-order valence-electron chi connectivity index (χ3n) is 3.77. The first kappa shape index (κ1) is 19.1. The van der Waals surface area contributed by atoms with E-state index < -0.39 is 15.8 Å². The summed E-state index contributed by atoms with van der Waals surface area (Å²) in [6.45, 7) is 3.46. The number of hydrogen-bond acceptors (Lipinski definition) is 3. The number of amides is 1. The molecule has 0 heterocycles. The number of hydrogen-bond donors (Lipinski definition) is 1. The minimum Gasteiger partial charge on any atom is -0.311 e. The van der Waals surface area contributed by atoms with Crippen LogP contribution in [0.2, 0.25) is 0 Å². The van der Waals surface area contributed by atoms with Crippen molar-refractivity contribution in [2.45, 2.75) is 25.2 Å². The Kier molecular flexibility index (Phi) is 6.27. The molecule has 0 unspecified atom stereocenters. The van der Waals surface area contributed by atoms with Gasteiger partial charge in [-0.3, -0.25) is 4.79 Å². The summed E-state index contributed by atoms with van der Waals surface area (Å²) in [7, 11) is -3.66. The number of aryl methyl sites for hydroxylation is 1. The van der Waals surface area contributed by atoms with Gasteiger partial charge < -0.3 is 4.90 Å². The summed E-state index contributed by atoms with van der Waals surface area (Å²) >= 11 is 0. The lowest BCUT2D eigenvalue weighted by atomic mass is 10.2. The smallest absolute Gasteiger partial charge is 0.240 e. The van der Waals surface area contributed by atoms with E-state index in [2.05, 4.69) is 4.72 Å². The van der Waals surface area contributed by atoms with Gasteiger partial charge in [0, 0.05) is 25.7 Å². The Hall–Kier alpha value is -2.25. The molecule has 5 nitrogen and oxygen atoms in total. The molecular formula is C18H21FN2O3S. The van der Waals surface area contributed by atoms with Gasteiger partial charge in [0.05, 0.1) is 4.90 Å². The number of nitrogens with zero attached hydrogens (tertiary/aromatic N) is 1. The molecule has 0 bridgehead atoms. The summed E-state index contributed by atoms with van der Waals surface area (Å²) in [5.74, 6) is -0.752. The summed E-state index contributed by atoms with van der Waals surface area (Å²) < 4.78 is 40.4. The van der Waals surface area contributed by atoms with Crippen molar-refractivity contribution in [3.8, 4) is 0 Å². The zero-order chi connectivity index (χ0) is 18.4. The van der Waals surface area contributed by atoms with Crippen molar-refractivity contribution in [3.05, 3.63) is 59.9 Å². The molecule has 0 atom stereocenters. The van der Waals surface area contributed by atoms with Gasteiger partial charge in [-0.15, -0.1) is 0 Å². The lowest BCUT2D eigenvalue weighted by Crippen LogP contribution is -2.37. The first-order chi connectivity index (χ1) is 11.8. The number of sulfonamides is 1. The van der Waals surface area contributed by atoms with Crippen LogP contribution in [0.4, 0.5) is 10.1 Å². The van der Waals surface area contributed by atoms with E-state index in [4.69, 9.17) is 0 Å². The number of rotatable bonds is 7. The minimum absolute atomic E-state index is 0.0218. The molecule has 1 amide bonds. The summed E-state index contributed by atoms with van der Waals surface area (Å²) in [5.41, 5.74) is 1.44. The van der Waals surface area contributed by atoms with Gasteiger partial charge in [0.15, 0.2) is 0 Å². The largest absolute Gasteiger partial charge is 0.311 e. The molecule has 0 aliphatic rings. The van der Waals surface area contributed by atoms with Gasteiger partial charge in [-0.2, -0.15) is 0 Å². The summed E-state index contributed by atoms with van der Waals surface area (Å²) in [4.78, 5) is 13.3. The predicted molar refractivity (Wildman–Crippen MR) is 95.4 cm³/mol. The molecule has 0 saturated carbocycles. The second-order valence-electron chi connectivity index (χ2n) is 5.55. The number of benzene rings is 2. The first-order valence-electron chi connectivity index (χ1n) is 7.96. The normalized spacial score (nSPS) is 11.3. The third-order valence-corrected chi connectivity index (χ3v) is 5.25. The molecule has 0 aliphatic carbocycles. The lowest BCUT2D eigenvalue weighted by molar-refractivity contribution is -0.116. The minimum atomic E-state index is -3.66. The van der Waals surface area contributed by atoms with Gasteiger partial charge in [-0.1, -0.05) is 25.1 Å². The van der Waals surface area contributed by atoms with Gasteiger partial charge in [-0.05, 0) is 42.3 Å². The van der Waals surface area contributed by atoms with Crippen LogP contribution in [0.5, 0.6) is 0 Å². The van der Waals surface area contributed by atoms with Gasteiger partial charge in [0.2, 0.25) is 15.9 Å². The fraction of sp³-hybridized carbons (Fsp3) is 0.278. The lowest BCUT2D eigenvalue weighted by Gasteiger charge is -2.21. The highest BCUT2D eigenvalue weighted by Crippen LogP contribution is 2.16. The summed E-state index contributed by atoms with van der Waals surface area (Å²) in [6.07, 6.45) is 0.828. The van der Waals surface area contributed by atoms with Gasteiger partial charge >= 0.3 is 0 Å². The molecule has 0 radical (unpaired) electrons. The monoisotopic (exact) mass is 364 g/mol. The fourth-order valence-corrected chi connectivity index (χ4v) is 3.41. The third kappa shape index (κ3) is 5.11. The van der Waals surface area contributed by atoms with E-state index in [1.807, 2.05) is 6.92 Å². The van der Waals surface area contributed by atoms with Crippen molar-refractivity contribution in [2.75, 3.05) is 18.0 Å². The van der Waals surface area contributed by atoms with Crippen LogP contribution in [0.1, 0.15) is 19.4 Å². The quantitative estimate of drug-likeness (QED) is 0.821. The Morgan fingerprint density at radius 1 is 1.16 bits per heavy atom. The molecule has 134 valence electrons. The maximum Gasteiger partial charge on any atom is 0.240 e. The van der Waals surface area contributed by atoms with Crippen molar-refractivity contribution in [2.24, 2.45) is 0 Å². The Morgan fingerprint density at radius 3 is 2.40 bits per heavy atom. The SMILES string of the molecule is CCc1ccc(S(=O)(=O)NCCN(C(C)=O)c2cccc(F)c2)cc1. The molecule has 2 rings (SSSR count). The van der Waals surface area contributed by atoms with Crippen molar-refractivity contribution in [1.82, 2.24) is 4.72 Å². The zero-order valence-electron chi connectivity index (χ0n) is 14.2. The van der Waals surface area contributed by atoms with Crippen LogP contribution in [0.25, 0.3) is 0 Å². The second-order valence-corrected chi connectivity index (χ2v) is 7.31. The molecule has 0 spiro atoms. The van der Waals surface area contributed by atoms with Crippen molar-refractivity contribution >= 4 is 21.6 Å². The highest BCUT2D eigenvalue weighted by Gasteiger charge is 2.16. The van der Waals surface area contributed by atoms with Crippen LogP contribution in [0.15, 0.2) is 53.4 Å². The Labute approximate surface area is 147 Å². The van der Waals surface area contributed by atoms with Crippen molar-refractivity contribution in [3.63, 3.8) is 0 Å². The van der Waals surface area contributed by atoms with Crippen molar-refractivity contribution in [1.29, 1.82) is 0 Å². The maximum atomic E-state index is 13.3. The second kappa shape index (κ2) is 8.22. The molecule has 0 fully saturated rings. The van der Waals surface area contributed by atoms with Crippen LogP contribution in [-0.4, -0.2) is 27.4 Å². The molecule has 25 heavy (non-hydrogen) atoms. The van der Waals surface area contributed by atoms with Gasteiger partial charge in [0.25, 0.3) is 0 Å². The van der Waals surface area contributed by atoms with E-state index in [-0.39, 0.29) is 23.9 Å². The predicted octanol–water partition coefficient (Wildman–Crippen LogP) is 2.72. The zero-order valence-corrected chi connectivity index (χ0v) is 15.0. The molecule has 0 saturated heterocycles. The average Bonchev–Trinajstić information content (AvgIpc) is 2.58. The van der Waals surface area contributed by atoms with Crippen LogP contribution < -0.4 is 9.62 Å². The van der Waals surface area contributed by atoms with Crippen LogP contribution in [0.3, 0.4) is 0 Å². The molecule has 2 aromatic carbocycles. The van der Waals surface area contributed by atoms with E-state index in [0.29, 0.717) is 5.69 Å². The highest BCUT2D eigenvalue weighted by molar-refractivity contribution is 7.89. The fourth-order valence-electron chi connectivity index (χ4n) is 2.39. The molecule has 0 aromatic heterocycles. The van der Waals surface area contributed by atoms with E-state index in [1.165, 1.54) is 30.0 Å². The van der Waals surface area contributed by atoms with Crippen LogP contribution >= 0.6 is 0 Å². The summed E-state index contributed by atoms with van der Waals surface area (Å²) in [5, 5.41) is 0. The van der Waals surface area contributed by atoms with E-state index in [0.717, 1.165) is 12.0 Å². The standard InChI is InChI=1S/C18H21FN2O3S/c1-3-15-7-9-18(10-8-15)25(23,24)20-11-12-21(14(2)22)17-6-4-5-16(19)13-17/h4-10,13,20H,3,11-12H2,1-2H3. The average molecular weight is 364 g/mol. The maximum absolute atomic E-state index is 13.3. The number of carbonyl (C=O) groups excluding carboxylic acids is 1.